The number of hydrogen-bond acceptors (Lipinski definition) is 4. The summed E-state index contributed by atoms with van der Waals surface area (Å²) < 4.78 is 5.05. The molecule has 19 heavy (non-hydrogen) atoms. The van der Waals surface area contributed by atoms with E-state index in [1.54, 1.807) is 13.2 Å². The fraction of sp³-hybridized carbons (Fsp3) is 0.286. The van der Waals surface area contributed by atoms with Gasteiger partial charge >= 0.3 is 0 Å². The van der Waals surface area contributed by atoms with Crippen molar-refractivity contribution in [3.63, 3.8) is 0 Å². The Morgan fingerprint density at radius 1 is 1.16 bits per heavy atom. The predicted octanol–water partition coefficient (Wildman–Crippen LogP) is 3.27. The van der Waals surface area contributed by atoms with Gasteiger partial charge in [-0.05, 0) is 43.2 Å². The van der Waals surface area contributed by atoms with Crippen LogP contribution in [0.3, 0.4) is 0 Å². The van der Waals surface area contributed by atoms with Crippen molar-refractivity contribution in [2.75, 3.05) is 7.11 Å². The molecule has 1 aromatic heterocycles. The Morgan fingerprint density at radius 3 is 2.37 bits per heavy atom. The third kappa shape index (κ3) is 3.03. The quantitative estimate of drug-likeness (QED) is 0.876. The molecular weight excluding hydrogens is 264 g/mol. The molecule has 0 aliphatic rings. The fourth-order valence-electron chi connectivity index (χ4n) is 1.90. The molecule has 0 saturated heterocycles. The highest BCUT2D eigenvalue weighted by Gasteiger charge is 2.09. The van der Waals surface area contributed by atoms with Crippen molar-refractivity contribution in [3.05, 3.63) is 40.2 Å². The molecule has 2 rings (SSSR count). The maximum Gasteiger partial charge on any atom is 0.161 e. The van der Waals surface area contributed by atoms with Crippen LogP contribution in [0.1, 0.15) is 16.8 Å². The number of benzene rings is 1. The topological polar surface area (TPSA) is 55.2 Å². The van der Waals surface area contributed by atoms with Crippen molar-refractivity contribution in [3.8, 4) is 17.1 Å². The summed E-state index contributed by atoms with van der Waals surface area (Å²) in [6.07, 6.45) is 0. The van der Waals surface area contributed by atoms with E-state index in [-0.39, 0.29) is 0 Å². The van der Waals surface area contributed by atoms with Gasteiger partial charge in [-0.2, -0.15) is 0 Å². The van der Waals surface area contributed by atoms with Gasteiger partial charge in [-0.3, -0.25) is 0 Å². The Hall–Kier alpha value is -1.65. The lowest BCUT2D eigenvalue weighted by atomic mass is 10.1. The van der Waals surface area contributed by atoms with Gasteiger partial charge in [0.1, 0.15) is 10.9 Å². The van der Waals surface area contributed by atoms with Gasteiger partial charge in [-0.25, -0.2) is 9.97 Å². The van der Waals surface area contributed by atoms with Crippen LogP contribution in [0.2, 0.25) is 5.15 Å². The summed E-state index contributed by atoms with van der Waals surface area (Å²) in [6, 6.07) is 5.35. The zero-order chi connectivity index (χ0) is 14.0. The van der Waals surface area contributed by atoms with Crippen LogP contribution >= 0.6 is 11.6 Å². The highest BCUT2D eigenvalue weighted by atomic mass is 35.5. The summed E-state index contributed by atoms with van der Waals surface area (Å²) in [7, 11) is 1.60. The molecule has 0 fully saturated rings. The van der Waals surface area contributed by atoms with Crippen molar-refractivity contribution < 1.29 is 9.84 Å². The predicted molar refractivity (Wildman–Crippen MR) is 74.3 cm³/mol. The molecule has 0 bridgehead atoms. The van der Waals surface area contributed by atoms with Gasteiger partial charge < -0.3 is 9.84 Å². The highest BCUT2D eigenvalue weighted by molar-refractivity contribution is 6.29. The van der Waals surface area contributed by atoms with Gasteiger partial charge in [0.05, 0.1) is 12.3 Å². The van der Waals surface area contributed by atoms with Gasteiger partial charge in [-0.1, -0.05) is 11.6 Å². The van der Waals surface area contributed by atoms with Crippen molar-refractivity contribution in [1.29, 1.82) is 0 Å². The number of phenolic OH excluding ortho intramolecular Hbond substituents is 1. The zero-order valence-electron chi connectivity index (χ0n) is 11.1. The van der Waals surface area contributed by atoms with E-state index >= 15 is 0 Å². The molecule has 0 amide bonds. The first kappa shape index (κ1) is 13.8. The minimum absolute atomic E-state index is 0.294. The molecule has 2 aromatic rings. The molecule has 0 aliphatic carbocycles. The Kier molecular flexibility index (Phi) is 4.02. The van der Waals surface area contributed by atoms with Gasteiger partial charge in [0.15, 0.2) is 5.82 Å². The minimum atomic E-state index is 0.294. The second-order valence-corrected chi connectivity index (χ2v) is 4.78. The summed E-state index contributed by atoms with van der Waals surface area (Å²) in [4.78, 5) is 8.62. The number of halogens is 1. The molecule has 1 heterocycles. The van der Waals surface area contributed by atoms with E-state index in [0.717, 1.165) is 22.4 Å². The highest BCUT2D eigenvalue weighted by Crippen LogP contribution is 2.28. The van der Waals surface area contributed by atoms with E-state index in [0.29, 0.717) is 23.3 Å². The monoisotopic (exact) mass is 278 g/mol. The molecule has 5 heteroatoms. The Bertz CT molecular complexity index is 591. The van der Waals surface area contributed by atoms with Gasteiger partial charge in [0, 0.05) is 12.7 Å². The molecule has 0 aliphatic heterocycles. The van der Waals surface area contributed by atoms with Crippen LogP contribution in [0.25, 0.3) is 11.4 Å². The number of nitrogens with zero attached hydrogens (tertiary/aromatic N) is 2. The average molecular weight is 279 g/mol. The summed E-state index contributed by atoms with van der Waals surface area (Å²) in [6.45, 7) is 4.06. The van der Waals surface area contributed by atoms with Crippen molar-refractivity contribution in [2.45, 2.75) is 20.5 Å². The number of ether oxygens (including phenoxy) is 1. The minimum Gasteiger partial charge on any atom is -0.507 e. The van der Waals surface area contributed by atoms with E-state index < -0.39 is 0 Å². The van der Waals surface area contributed by atoms with Crippen molar-refractivity contribution >= 4 is 11.6 Å². The van der Waals surface area contributed by atoms with E-state index in [9.17, 15) is 5.11 Å². The molecule has 1 N–H and O–H groups in total. The second kappa shape index (κ2) is 5.55. The largest absolute Gasteiger partial charge is 0.507 e. The number of hydrogen-bond donors (Lipinski definition) is 1. The molecule has 0 atom stereocenters. The van der Waals surface area contributed by atoms with Crippen LogP contribution in [-0.4, -0.2) is 22.2 Å². The lowest BCUT2D eigenvalue weighted by Crippen LogP contribution is -1.98. The molecule has 0 unspecified atom stereocenters. The normalized spacial score (nSPS) is 10.7. The molecule has 0 spiro atoms. The Morgan fingerprint density at radius 2 is 1.79 bits per heavy atom. The summed E-state index contributed by atoms with van der Waals surface area (Å²) in [5.74, 6) is 0.827. The van der Waals surface area contributed by atoms with Crippen LogP contribution in [0, 0.1) is 13.8 Å². The van der Waals surface area contributed by atoms with Crippen molar-refractivity contribution in [2.24, 2.45) is 0 Å². The third-order valence-corrected chi connectivity index (χ3v) is 2.98. The number of rotatable bonds is 3. The van der Waals surface area contributed by atoms with Gasteiger partial charge in [0.25, 0.3) is 0 Å². The van der Waals surface area contributed by atoms with E-state index in [4.69, 9.17) is 16.3 Å². The number of aryl methyl sites for hydroxylation is 2. The van der Waals surface area contributed by atoms with E-state index in [1.807, 2.05) is 26.0 Å². The van der Waals surface area contributed by atoms with Crippen LogP contribution in [0.15, 0.2) is 18.2 Å². The fourth-order valence-corrected chi connectivity index (χ4v) is 2.11. The number of methoxy groups -OCH3 is 1. The summed E-state index contributed by atoms with van der Waals surface area (Å²) in [5, 5.41) is 10.2. The molecular formula is C14H15ClN2O2. The maximum absolute atomic E-state index is 9.78. The number of aromatic hydroxyl groups is 1. The van der Waals surface area contributed by atoms with Gasteiger partial charge in [0.2, 0.25) is 0 Å². The van der Waals surface area contributed by atoms with E-state index in [2.05, 4.69) is 9.97 Å². The van der Waals surface area contributed by atoms with E-state index in [1.165, 1.54) is 0 Å². The van der Waals surface area contributed by atoms with Crippen LogP contribution in [0.4, 0.5) is 0 Å². The molecule has 1 aromatic carbocycles. The SMILES string of the molecule is COCc1cc(Cl)nc(-c2cc(C)c(O)c(C)c2)n1. The molecule has 0 radical (unpaired) electrons. The van der Waals surface area contributed by atoms with Gasteiger partial charge in [-0.15, -0.1) is 0 Å². The standard InChI is InChI=1S/C14H15ClN2O2/c1-8-4-10(5-9(2)13(8)18)14-16-11(7-19-3)6-12(15)17-14/h4-6,18H,7H2,1-3H3. The zero-order valence-corrected chi connectivity index (χ0v) is 11.8. The Labute approximate surface area is 117 Å². The first-order valence-corrected chi connectivity index (χ1v) is 6.22. The average Bonchev–Trinajstić information content (AvgIpc) is 2.35. The smallest absolute Gasteiger partial charge is 0.161 e. The first-order valence-electron chi connectivity index (χ1n) is 5.84. The third-order valence-electron chi connectivity index (χ3n) is 2.79. The molecule has 0 saturated carbocycles. The lowest BCUT2D eigenvalue weighted by Gasteiger charge is -2.08. The lowest BCUT2D eigenvalue weighted by molar-refractivity contribution is 0.181. The number of aromatic nitrogens is 2. The molecule has 100 valence electrons. The first-order chi connectivity index (χ1) is 9.01. The number of phenols is 1. The Balaban J connectivity index is 2.52. The second-order valence-electron chi connectivity index (χ2n) is 4.40. The van der Waals surface area contributed by atoms with Crippen LogP contribution in [-0.2, 0) is 11.3 Å². The summed E-state index contributed by atoms with van der Waals surface area (Å²) >= 11 is 5.99. The van der Waals surface area contributed by atoms with Crippen molar-refractivity contribution in [1.82, 2.24) is 9.97 Å². The van der Waals surface area contributed by atoms with Crippen LogP contribution in [0.5, 0.6) is 5.75 Å². The summed E-state index contributed by atoms with van der Waals surface area (Å²) in [5.41, 5.74) is 3.12. The molecule has 4 nitrogen and oxygen atoms in total. The van der Waals surface area contributed by atoms with Crippen LogP contribution < -0.4 is 0 Å². The maximum atomic E-state index is 9.78.